The van der Waals surface area contributed by atoms with E-state index in [-0.39, 0.29) is 56.6 Å². The molecule has 0 aromatic rings. The van der Waals surface area contributed by atoms with Crippen LogP contribution in [0.2, 0.25) is 0 Å². The number of aliphatic hydroxyl groups excluding tert-OH is 2. The number of unbranched alkanes of at least 4 members (excludes halogenated alkanes) is 12. The van der Waals surface area contributed by atoms with Crippen LogP contribution in [0.5, 0.6) is 0 Å². The maximum atomic E-state index is 9.61. The van der Waals surface area contributed by atoms with Crippen LogP contribution < -0.4 is 5.73 Å². The molecular formula is C20H43KN2O2S2. The van der Waals surface area contributed by atoms with Crippen molar-refractivity contribution in [3.63, 3.8) is 0 Å². The fourth-order valence-corrected chi connectivity index (χ4v) is 3.01. The maximum absolute atomic E-state index is 9.61. The van der Waals surface area contributed by atoms with Crippen molar-refractivity contribution in [3.8, 4) is 0 Å². The molecule has 0 aromatic heterocycles. The molecule has 4 N–H and O–H groups in total. The zero-order valence-electron chi connectivity index (χ0n) is 17.0. The van der Waals surface area contributed by atoms with Gasteiger partial charge in [0.1, 0.15) is 0 Å². The van der Waals surface area contributed by atoms with E-state index in [0.717, 1.165) is 25.9 Å². The predicted octanol–water partition coefficient (Wildman–Crippen LogP) is 5.77. The van der Waals surface area contributed by atoms with Gasteiger partial charge in [-0.05, 0) is 37.3 Å². The number of hydrogen-bond donors (Lipinski definition) is 3. The van der Waals surface area contributed by atoms with E-state index >= 15 is 0 Å². The van der Waals surface area contributed by atoms with Crippen LogP contribution in [0.25, 0.3) is 0 Å². The van der Waals surface area contributed by atoms with Gasteiger partial charge >= 0.3 is 51.4 Å². The van der Waals surface area contributed by atoms with Gasteiger partial charge in [0.05, 0.1) is 0 Å². The molecule has 0 aliphatic carbocycles. The molecule has 0 saturated carbocycles. The van der Waals surface area contributed by atoms with Crippen LogP contribution in [0.15, 0.2) is 0 Å². The summed E-state index contributed by atoms with van der Waals surface area (Å²) in [5.74, 6) is 0. The van der Waals surface area contributed by atoms with Crippen molar-refractivity contribution in [3.05, 3.63) is 0 Å². The summed E-state index contributed by atoms with van der Waals surface area (Å²) >= 11 is 8.84. The van der Waals surface area contributed by atoms with Crippen molar-refractivity contribution >= 4 is 86.2 Å². The summed E-state index contributed by atoms with van der Waals surface area (Å²) in [6.45, 7) is 6.37. The van der Waals surface area contributed by atoms with Crippen LogP contribution in [0, 0.1) is 0 Å². The van der Waals surface area contributed by atoms with E-state index < -0.39 is 5.17 Å². The molecule has 0 saturated heterocycles. The topological polar surface area (TPSA) is 69.7 Å². The van der Waals surface area contributed by atoms with Gasteiger partial charge in [-0.15, -0.1) is 0 Å². The Morgan fingerprint density at radius 1 is 0.667 bits per heavy atom. The van der Waals surface area contributed by atoms with Crippen LogP contribution in [0.1, 0.15) is 104 Å². The SMILES string of the molecule is CCCCCCCCCN(CCCCCCCCC)C(O)=S.NC(O)=S.[KH]. The number of thiocarbonyl (C=S) groups is 2. The average molecular weight is 447 g/mol. The number of hydrogen-bond acceptors (Lipinski definition) is 2. The van der Waals surface area contributed by atoms with Crippen LogP contribution >= 0.6 is 24.4 Å². The Bertz CT molecular complexity index is 313. The van der Waals surface area contributed by atoms with Crippen molar-refractivity contribution in [2.24, 2.45) is 5.73 Å². The monoisotopic (exact) mass is 446 g/mol. The van der Waals surface area contributed by atoms with Gasteiger partial charge < -0.3 is 20.8 Å². The first-order valence-corrected chi connectivity index (χ1v) is 11.2. The molecule has 0 radical (unpaired) electrons. The Labute approximate surface area is 221 Å². The minimum absolute atomic E-state index is 0. The van der Waals surface area contributed by atoms with E-state index in [1.807, 2.05) is 4.90 Å². The van der Waals surface area contributed by atoms with Crippen molar-refractivity contribution in [2.45, 2.75) is 104 Å². The van der Waals surface area contributed by atoms with Gasteiger partial charge in [0.15, 0.2) is 0 Å². The molecular weight excluding hydrogens is 403 g/mol. The molecule has 0 unspecified atom stereocenters. The number of rotatable bonds is 16. The van der Waals surface area contributed by atoms with Crippen molar-refractivity contribution in [1.29, 1.82) is 0 Å². The van der Waals surface area contributed by atoms with Crippen molar-refractivity contribution in [2.75, 3.05) is 13.1 Å². The van der Waals surface area contributed by atoms with E-state index in [2.05, 4.69) is 31.8 Å². The Morgan fingerprint density at radius 2 is 0.926 bits per heavy atom. The quantitative estimate of drug-likeness (QED) is 0.159. The van der Waals surface area contributed by atoms with Gasteiger partial charge in [0.25, 0.3) is 10.3 Å². The van der Waals surface area contributed by atoms with Crippen LogP contribution in [-0.4, -0.2) is 89.9 Å². The third-order valence-corrected chi connectivity index (χ3v) is 4.59. The molecule has 0 aliphatic heterocycles. The fourth-order valence-electron chi connectivity index (χ4n) is 2.82. The van der Waals surface area contributed by atoms with Gasteiger partial charge in [-0.25, -0.2) is 0 Å². The first-order valence-electron chi connectivity index (χ1n) is 10.4. The Balaban J connectivity index is -0.00000104. The molecule has 0 aromatic carbocycles. The summed E-state index contributed by atoms with van der Waals surface area (Å²) in [6.07, 6.45) is 18.3. The normalized spacial score (nSPS) is 9.70. The molecule has 0 atom stereocenters. The molecule has 0 heterocycles. The Hall–Kier alpha value is 1.02. The molecule has 0 aliphatic rings. The molecule has 0 rings (SSSR count). The average Bonchev–Trinajstić information content (AvgIpc) is 2.57. The molecule has 0 fully saturated rings. The Morgan fingerprint density at radius 3 is 1.19 bits per heavy atom. The van der Waals surface area contributed by atoms with E-state index in [4.69, 9.17) is 17.3 Å². The summed E-state index contributed by atoms with van der Waals surface area (Å²) in [5.41, 5.74) is 4.40. The summed E-state index contributed by atoms with van der Waals surface area (Å²) < 4.78 is 0. The molecule has 0 spiro atoms. The van der Waals surface area contributed by atoms with E-state index in [1.165, 1.54) is 77.0 Å². The second kappa shape index (κ2) is 27.0. The van der Waals surface area contributed by atoms with Gasteiger partial charge in [0.2, 0.25) is 0 Å². The number of aliphatic hydroxyl groups is 2. The third kappa shape index (κ3) is 31.9. The summed E-state index contributed by atoms with van der Waals surface area (Å²) in [7, 11) is 0. The van der Waals surface area contributed by atoms with E-state index in [1.54, 1.807) is 0 Å². The summed E-state index contributed by atoms with van der Waals surface area (Å²) in [6, 6.07) is 0. The second-order valence-corrected chi connectivity index (χ2v) is 7.63. The standard InChI is InChI=1S/C19H39NOS.CH3NOS.K.H/c1-3-5-7-9-11-13-15-17-20(19(21)22)18-16-14-12-10-8-6-4-2;2-1(3)4;;/h3-18H2,1-2H3,(H,21,22);(H3,2,3,4);;. The molecule has 0 amide bonds. The Kier molecular flexibility index (Phi) is 32.7. The molecule has 158 valence electrons. The summed E-state index contributed by atoms with van der Waals surface area (Å²) in [4.78, 5) is 1.99. The molecule has 27 heavy (non-hydrogen) atoms. The summed E-state index contributed by atoms with van der Waals surface area (Å²) in [5, 5.41) is 16.8. The molecule has 0 bridgehead atoms. The van der Waals surface area contributed by atoms with Gasteiger partial charge in [-0.3, -0.25) is 0 Å². The number of nitrogens with zero attached hydrogens (tertiary/aromatic N) is 1. The minimum atomic E-state index is -0.500. The first-order chi connectivity index (χ1) is 12.5. The number of nitrogens with two attached hydrogens (primary N) is 1. The van der Waals surface area contributed by atoms with Crippen LogP contribution in [-0.2, 0) is 0 Å². The van der Waals surface area contributed by atoms with E-state index in [9.17, 15) is 5.11 Å². The zero-order valence-corrected chi connectivity index (χ0v) is 18.7. The van der Waals surface area contributed by atoms with E-state index in [0.29, 0.717) is 0 Å². The second-order valence-electron chi connectivity index (χ2n) is 6.85. The van der Waals surface area contributed by atoms with Crippen LogP contribution in [0.3, 0.4) is 0 Å². The molecule has 7 heteroatoms. The fraction of sp³-hybridized carbons (Fsp3) is 0.900. The van der Waals surface area contributed by atoms with Crippen molar-refractivity contribution in [1.82, 2.24) is 4.90 Å². The van der Waals surface area contributed by atoms with Crippen LogP contribution in [0.4, 0.5) is 0 Å². The van der Waals surface area contributed by atoms with Crippen molar-refractivity contribution < 1.29 is 10.2 Å². The first kappa shape index (κ1) is 32.7. The van der Waals surface area contributed by atoms with Gasteiger partial charge in [-0.2, -0.15) is 0 Å². The van der Waals surface area contributed by atoms with Gasteiger partial charge in [-0.1, -0.05) is 90.9 Å². The third-order valence-electron chi connectivity index (χ3n) is 4.33. The van der Waals surface area contributed by atoms with Gasteiger partial charge in [0, 0.05) is 13.1 Å². The predicted molar refractivity (Wildman–Crippen MR) is 129 cm³/mol. The zero-order chi connectivity index (χ0) is 20.0. The molecule has 4 nitrogen and oxygen atoms in total.